The van der Waals surface area contributed by atoms with Crippen molar-refractivity contribution in [3.05, 3.63) is 35.9 Å². The summed E-state index contributed by atoms with van der Waals surface area (Å²) in [6.45, 7) is 2.83. The summed E-state index contributed by atoms with van der Waals surface area (Å²) >= 11 is 0. The number of hydrogen-bond acceptors (Lipinski definition) is 6. The van der Waals surface area contributed by atoms with Gasteiger partial charge in [0.25, 0.3) is 5.91 Å². The number of benzene rings is 1. The Hall–Kier alpha value is -2.49. The SMILES string of the molecule is NCCCCNCCCNC(=O)[C@H](Cc1ccccc1)NC(=O)[C@H]1O[C@@H]1C(=O)O. The van der Waals surface area contributed by atoms with Crippen LogP contribution in [0, 0.1) is 0 Å². The smallest absolute Gasteiger partial charge is 0.336 e. The Labute approximate surface area is 170 Å². The molecule has 9 nitrogen and oxygen atoms in total. The van der Waals surface area contributed by atoms with Crippen LogP contribution in [0.15, 0.2) is 30.3 Å². The third-order valence-corrected chi connectivity index (χ3v) is 4.55. The van der Waals surface area contributed by atoms with Crippen molar-refractivity contribution in [3.8, 4) is 0 Å². The van der Waals surface area contributed by atoms with Gasteiger partial charge in [0.15, 0.2) is 12.2 Å². The van der Waals surface area contributed by atoms with Crippen LogP contribution in [-0.4, -0.2) is 67.3 Å². The van der Waals surface area contributed by atoms with E-state index in [1.54, 1.807) is 0 Å². The summed E-state index contributed by atoms with van der Waals surface area (Å²) < 4.78 is 4.87. The molecule has 0 radical (unpaired) electrons. The molecule has 2 rings (SSSR count). The van der Waals surface area contributed by atoms with Gasteiger partial charge in [-0.05, 0) is 44.5 Å². The fourth-order valence-corrected chi connectivity index (χ4v) is 2.88. The van der Waals surface area contributed by atoms with Gasteiger partial charge in [0.2, 0.25) is 5.91 Å². The summed E-state index contributed by atoms with van der Waals surface area (Å²) in [5.74, 6) is -2.08. The van der Waals surface area contributed by atoms with Crippen LogP contribution in [0.3, 0.4) is 0 Å². The molecule has 2 amide bonds. The molecule has 0 bridgehead atoms. The first kappa shape index (κ1) is 22.8. The van der Waals surface area contributed by atoms with E-state index in [4.69, 9.17) is 15.6 Å². The fourth-order valence-electron chi connectivity index (χ4n) is 2.88. The normalized spacial score (nSPS) is 18.7. The number of carbonyl (C=O) groups excluding carboxylic acids is 2. The number of ether oxygens (including phenoxy) is 1. The summed E-state index contributed by atoms with van der Waals surface area (Å²) in [5.41, 5.74) is 6.33. The van der Waals surface area contributed by atoms with Gasteiger partial charge in [-0.3, -0.25) is 9.59 Å². The Balaban J connectivity index is 1.80. The maximum absolute atomic E-state index is 12.6. The van der Waals surface area contributed by atoms with Crippen LogP contribution in [0.1, 0.15) is 24.8 Å². The maximum Gasteiger partial charge on any atom is 0.336 e. The second-order valence-electron chi connectivity index (χ2n) is 6.96. The van der Waals surface area contributed by atoms with Crippen molar-refractivity contribution in [2.45, 2.75) is 43.9 Å². The van der Waals surface area contributed by atoms with E-state index in [0.717, 1.165) is 37.9 Å². The van der Waals surface area contributed by atoms with Crippen LogP contribution in [-0.2, 0) is 25.5 Å². The van der Waals surface area contributed by atoms with E-state index >= 15 is 0 Å². The molecule has 1 aromatic carbocycles. The van der Waals surface area contributed by atoms with Gasteiger partial charge in [-0.15, -0.1) is 0 Å². The zero-order valence-corrected chi connectivity index (χ0v) is 16.4. The highest BCUT2D eigenvalue weighted by Crippen LogP contribution is 2.22. The third kappa shape index (κ3) is 8.18. The van der Waals surface area contributed by atoms with Gasteiger partial charge in [0, 0.05) is 13.0 Å². The minimum atomic E-state index is -1.19. The minimum Gasteiger partial charge on any atom is -0.479 e. The molecule has 1 fully saturated rings. The van der Waals surface area contributed by atoms with Gasteiger partial charge in [-0.2, -0.15) is 0 Å². The van der Waals surface area contributed by atoms with Crippen LogP contribution in [0.25, 0.3) is 0 Å². The van der Waals surface area contributed by atoms with Crippen LogP contribution >= 0.6 is 0 Å². The van der Waals surface area contributed by atoms with Crippen LogP contribution < -0.4 is 21.7 Å². The lowest BCUT2D eigenvalue weighted by Gasteiger charge is -2.18. The highest BCUT2D eigenvalue weighted by atomic mass is 16.6. The molecular formula is C20H30N4O5. The highest BCUT2D eigenvalue weighted by Gasteiger charge is 2.51. The lowest BCUT2D eigenvalue weighted by Crippen LogP contribution is -2.50. The Bertz CT molecular complexity index is 670. The van der Waals surface area contributed by atoms with E-state index in [1.807, 2.05) is 30.3 Å². The number of aliphatic carboxylic acids is 1. The number of nitrogens with two attached hydrogens (primary N) is 1. The molecule has 0 aromatic heterocycles. The van der Waals surface area contributed by atoms with Gasteiger partial charge in [-0.25, -0.2) is 4.79 Å². The molecular weight excluding hydrogens is 376 g/mol. The predicted octanol–water partition coefficient (Wildman–Crippen LogP) is -0.599. The van der Waals surface area contributed by atoms with Crippen molar-refractivity contribution in [3.63, 3.8) is 0 Å². The quantitative estimate of drug-likeness (QED) is 0.205. The molecule has 6 N–H and O–H groups in total. The lowest BCUT2D eigenvalue weighted by atomic mass is 10.0. The number of carboxylic acid groups (broad SMARTS) is 1. The van der Waals surface area contributed by atoms with Crippen molar-refractivity contribution in [2.24, 2.45) is 5.73 Å². The summed E-state index contributed by atoms with van der Waals surface area (Å²) in [5, 5.41) is 17.6. The van der Waals surface area contributed by atoms with Gasteiger partial charge >= 0.3 is 5.97 Å². The van der Waals surface area contributed by atoms with E-state index in [2.05, 4.69) is 16.0 Å². The van der Waals surface area contributed by atoms with E-state index in [1.165, 1.54) is 0 Å². The first-order valence-electron chi connectivity index (χ1n) is 9.94. The van der Waals surface area contributed by atoms with Crippen molar-refractivity contribution >= 4 is 17.8 Å². The molecule has 160 valence electrons. The Morgan fingerprint density at radius 2 is 1.76 bits per heavy atom. The number of rotatable bonds is 14. The predicted molar refractivity (Wildman–Crippen MR) is 107 cm³/mol. The van der Waals surface area contributed by atoms with Crippen LogP contribution in [0.5, 0.6) is 0 Å². The van der Waals surface area contributed by atoms with Crippen molar-refractivity contribution < 1.29 is 24.2 Å². The topological polar surface area (TPSA) is 146 Å². The number of carbonyl (C=O) groups is 3. The average molecular weight is 406 g/mol. The Morgan fingerprint density at radius 1 is 1.03 bits per heavy atom. The Kier molecular flexibility index (Phi) is 9.55. The fraction of sp³-hybridized carbons (Fsp3) is 0.550. The van der Waals surface area contributed by atoms with Crippen LogP contribution in [0.4, 0.5) is 0 Å². The second-order valence-corrected chi connectivity index (χ2v) is 6.96. The molecule has 1 aliphatic heterocycles. The molecule has 1 saturated heterocycles. The number of unbranched alkanes of at least 4 members (excludes halogenated alkanes) is 1. The summed E-state index contributed by atoms with van der Waals surface area (Å²) in [7, 11) is 0. The molecule has 0 aliphatic carbocycles. The molecule has 0 saturated carbocycles. The zero-order chi connectivity index (χ0) is 21.1. The van der Waals surface area contributed by atoms with Crippen molar-refractivity contribution in [1.82, 2.24) is 16.0 Å². The molecule has 3 atom stereocenters. The van der Waals surface area contributed by atoms with E-state index in [9.17, 15) is 14.4 Å². The van der Waals surface area contributed by atoms with Crippen molar-refractivity contribution in [1.29, 1.82) is 0 Å². The second kappa shape index (κ2) is 12.2. The Morgan fingerprint density at radius 3 is 2.41 bits per heavy atom. The van der Waals surface area contributed by atoms with Gasteiger partial charge in [0.1, 0.15) is 6.04 Å². The average Bonchev–Trinajstić information content (AvgIpc) is 3.51. The van der Waals surface area contributed by atoms with E-state index in [-0.39, 0.29) is 5.91 Å². The van der Waals surface area contributed by atoms with E-state index < -0.39 is 30.1 Å². The monoisotopic (exact) mass is 406 g/mol. The first-order chi connectivity index (χ1) is 14.0. The number of hydrogen-bond donors (Lipinski definition) is 5. The maximum atomic E-state index is 12.6. The highest BCUT2D eigenvalue weighted by molar-refractivity contribution is 5.95. The molecule has 0 unspecified atom stereocenters. The number of nitrogens with one attached hydrogen (secondary N) is 3. The number of carboxylic acids is 1. The van der Waals surface area contributed by atoms with Gasteiger partial charge in [0.05, 0.1) is 0 Å². The lowest BCUT2D eigenvalue weighted by molar-refractivity contribution is -0.138. The number of epoxide rings is 1. The molecule has 1 heterocycles. The third-order valence-electron chi connectivity index (χ3n) is 4.55. The number of amides is 2. The van der Waals surface area contributed by atoms with E-state index in [0.29, 0.717) is 19.5 Å². The standard InChI is InChI=1S/C20H30N4O5/c21-9-4-5-10-22-11-6-12-23-18(25)15(13-14-7-2-1-3-8-14)24-19(26)16-17(29-16)20(27)28/h1-3,7-8,15-17,22H,4-6,9-13,21H2,(H,23,25)(H,24,26)(H,27,28)/t15-,16-,17-/m0/s1. The molecule has 9 heteroatoms. The van der Waals surface area contributed by atoms with Gasteiger partial charge < -0.3 is 31.5 Å². The minimum absolute atomic E-state index is 0.306. The molecule has 0 spiro atoms. The summed E-state index contributed by atoms with van der Waals surface area (Å²) in [4.78, 5) is 35.7. The molecule has 1 aliphatic rings. The van der Waals surface area contributed by atoms with Gasteiger partial charge in [-0.1, -0.05) is 30.3 Å². The van der Waals surface area contributed by atoms with Crippen LogP contribution in [0.2, 0.25) is 0 Å². The molecule has 29 heavy (non-hydrogen) atoms. The summed E-state index contributed by atoms with van der Waals surface area (Å²) in [6, 6.07) is 8.50. The zero-order valence-electron chi connectivity index (χ0n) is 16.4. The van der Waals surface area contributed by atoms with Crippen molar-refractivity contribution in [2.75, 3.05) is 26.2 Å². The summed E-state index contributed by atoms with van der Waals surface area (Å²) in [6.07, 6.45) is 0.886. The molecule has 1 aromatic rings. The first-order valence-corrected chi connectivity index (χ1v) is 9.94. The largest absolute Gasteiger partial charge is 0.479 e.